The Morgan fingerprint density at radius 3 is 3.10 bits per heavy atom. The van der Waals surface area contributed by atoms with E-state index in [4.69, 9.17) is 16.3 Å². The van der Waals surface area contributed by atoms with Crippen molar-refractivity contribution in [2.45, 2.75) is 31.9 Å². The van der Waals surface area contributed by atoms with Crippen LogP contribution in [0.25, 0.3) is 0 Å². The van der Waals surface area contributed by atoms with Gasteiger partial charge in [-0.2, -0.15) is 0 Å². The third-order valence-corrected chi connectivity index (χ3v) is 3.85. The summed E-state index contributed by atoms with van der Waals surface area (Å²) in [5.74, 6) is 0.655. The average Bonchev–Trinajstić information content (AvgIpc) is 2.45. The summed E-state index contributed by atoms with van der Waals surface area (Å²) in [7, 11) is 1.72. The first-order chi connectivity index (χ1) is 9.99. The van der Waals surface area contributed by atoms with Crippen LogP contribution in [0.1, 0.15) is 31.4 Å². The summed E-state index contributed by atoms with van der Waals surface area (Å²) in [6.45, 7) is 2.75. The summed E-state index contributed by atoms with van der Waals surface area (Å²) in [5, 5.41) is 12.8. The molecule has 0 spiro atoms. The first-order valence-electron chi connectivity index (χ1n) is 7.10. The maximum absolute atomic E-state index is 12.2. The normalized spacial score (nSPS) is 18.4. The Morgan fingerprint density at radius 1 is 1.62 bits per heavy atom. The van der Waals surface area contributed by atoms with E-state index in [1.54, 1.807) is 24.9 Å². The molecule has 21 heavy (non-hydrogen) atoms. The van der Waals surface area contributed by atoms with Gasteiger partial charge in [-0.05, 0) is 19.4 Å². The zero-order valence-corrected chi connectivity index (χ0v) is 13.1. The third-order valence-electron chi connectivity index (χ3n) is 3.55. The fraction of sp³-hybridized carbons (Fsp3) is 0.533. The molecule has 0 fully saturated rings. The van der Waals surface area contributed by atoms with Gasteiger partial charge in [-0.3, -0.25) is 0 Å². The summed E-state index contributed by atoms with van der Waals surface area (Å²) in [6, 6.07) is 5.29. The predicted octanol–water partition coefficient (Wildman–Crippen LogP) is 2.58. The fourth-order valence-electron chi connectivity index (χ4n) is 2.28. The molecule has 5 nitrogen and oxygen atoms in total. The van der Waals surface area contributed by atoms with Gasteiger partial charge in [0.2, 0.25) is 0 Å². The lowest BCUT2D eigenvalue weighted by molar-refractivity contribution is 0.160. The van der Waals surface area contributed by atoms with Gasteiger partial charge in [0, 0.05) is 25.6 Å². The van der Waals surface area contributed by atoms with Gasteiger partial charge in [-0.25, -0.2) is 4.79 Å². The highest BCUT2D eigenvalue weighted by Crippen LogP contribution is 2.37. The number of hydrogen-bond acceptors (Lipinski definition) is 3. The summed E-state index contributed by atoms with van der Waals surface area (Å²) in [6.07, 6.45) is 0.853. The van der Waals surface area contributed by atoms with Crippen molar-refractivity contribution in [3.63, 3.8) is 0 Å². The molecule has 2 amide bonds. The first-order valence-corrected chi connectivity index (χ1v) is 7.47. The molecule has 1 aliphatic heterocycles. The van der Waals surface area contributed by atoms with Gasteiger partial charge in [0.25, 0.3) is 0 Å². The maximum Gasteiger partial charge on any atom is 0.317 e. The van der Waals surface area contributed by atoms with Crippen molar-refractivity contribution in [2.24, 2.45) is 0 Å². The number of nitrogens with one attached hydrogen (secondary N) is 1. The lowest BCUT2D eigenvalue weighted by Crippen LogP contribution is -2.41. The van der Waals surface area contributed by atoms with Crippen molar-refractivity contribution in [1.82, 2.24) is 10.2 Å². The van der Waals surface area contributed by atoms with Crippen molar-refractivity contribution >= 4 is 17.6 Å². The number of urea groups is 1. The number of hydrogen-bond donors (Lipinski definition) is 2. The van der Waals surface area contributed by atoms with E-state index in [1.165, 1.54) is 0 Å². The van der Waals surface area contributed by atoms with Crippen LogP contribution in [0, 0.1) is 0 Å². The van der Waals surface area contributed by atoms with Gasteiger partial charge < -0.3 is 20.1 Å². The van der Waals surface area contributed by atoms with Crippen molar-refractivity contribution < 1.29 is 14.6 Å². The second-order valence-electron chi connectivity index (χ2n) is 5.36. The van der Waals surface area contributed by atoms with Crippen molar-refractivity contribution in [3.05, 3.63) is 28.8 Å². The van der Waals surface area contributed by atoms with Crippen LogP contribution in [-0.2, 0) is 0 Å². The van der Waals surface area contributed by atoms with Crippen molar-refractivity contribution in [2.75, 3.05) is 20.2 Å². The van der Waals surface area contributed by atoms with E-state index in [1.807, 2.05) is 12.1 Å². The number of carbonyl (C=O) groups is 1. The third kappa shape index (κ3) is 4.02. The highest BCUT2D eigenvalue weighted by atomic mass is 35.5. The molecule has 0 bridgehead atoms. The molecule has 2 unspecified atom stereocenters. The summed E-state index contributed by atoms with van der Waals surface area (Å²) in [5.41, 5.74) is 0.908. The SMILES string of the molecule is CC(O)CCN(C)C(=O)NC1CCOc2c(Cl)cccc21. The molecule has 2 N–H and O–H groups in total. The number of para-hydroxylation sites is 1. The van der Waals surface area contributed by atoms with Crippen LogP contribution in [0.5, 0.6) is 5.75 Å². The topological polar surface area (TPSA) is 61.8 Å². The quantitative estimate of drug-likeness (QED) is 0.898. The summed E-state index contributed by atoms with van der Waals surface area (Å²) < 4.78 is 5.58. The summed E-state index contributed by atoms with van der Waals surface area (Å²) >= 11 is 6.12. The van der Waals surface area contributed by atoms with Crippen LogP contribution < -0.4 is 10.1 Å². The van der Waals surface area contributed by atoms with E-state index in [0.29, 0.717) is 36.8 Å². The van der Waals surface area contributed by atoms with E-state index in [2.05, 4.69) is 5.32 Å². The number of fused-ring (bicyclic) bond motifs is 1. The monoisotopic (exact) mass is 312 g/mol. The second-order valence-corrected chi connectivity index (χ2v) is 5.76. The molecule has 1 aromatic carbocycles. The molecular weight excluding hydrogens is 292 g/mol. The minimum atomic E-state index is -0.414. The molecule has 2 rings (SSSR count). The van der Waals surface area contributed by atoms with Gasteiger partial charge >= 0.3 is 6.03 Å². The molecular formula is C15H21ClN2O3. The fourth-order valence-corrected chi connectivity index (χ4v) is 2.51. The molecule has 1 heterocycles. The van der Waals surface area contributed by atoms with E-state index in [-0.39, 0.29) is 12.1 Å². The molecule has 0 saturated heterocycles. The molecule has 0 radical (unpaired) electrons. The number of carbonyl (C=O) groups excluding carboxylic acids is 1. The average molecular weight is 313 g/mol. The van der Waals surface area contributed by atoms with Gasteiger partial charge in [0.1, 0.15) is 5.75 Å². The molecule has 0 aromatic heterocycles. The largest absolute Gasteiger partial charge is 0.492 e. The van der Waals surface area contributed by atoms with E-state index in [9.17, 15) is 9.90 Å². The number of aliphatic hydroxyl groups excluding tert-OH is 1. The number of benzene rings is 1. The Balaban J connectivity index is 2.01. The van der Waals surface area contributed by atoms with E-state index < -0.39 is 6.10 Å². The highest BCUT2D eigenvalue weighted by Gasteiger charge is 2.25. The smallest absolute Gasteiger partial charge is 0.317 e. The number of halogens is 1. The minimum absolute atomic E-state index is 0.103. The zero-order valence-electron chi connectivity index (χ0n) is 12.3. The van der Waals surface area contributed by atoms with E-state index >= 15 is 0 Å². The molecule has 116 valence electrons. The molecule has 1 aliphatic rings. The Kier molecular flexibility index (Phi) is 5.31. The molecule has 0 saturated carbocycles. The van der Waals surface area contributed by atoms with Gasteiger partial charge in [-0.15, -0.1) is 0 Å². The van der Waals surface area contributed by atoms with Gasteiger partial charge in [0.05, 0.1) is 23.8 Å². The number of nitrogens with zero attached hydrogens (tertiary/aromatic N) is 1. The second kappa shape index (κ2) is 7.00. The lowest BCUT2D eigenvalue weighted by atomic mass is 10.0. The number of amides is 2. The van der Waals surface area contributed by atoms with Crippen LogP contribution in [-0.4, -0.2) is 42.3 Å². The number of ether oxygens (including phenoxy) is 1. The summed E-state index contributed by atoms with van der Waals surface area (Å²) in [4.78, 5) is 13.8. The molecule has 0 aliphatic carbocycles. The van der Waals surface area contributed by atoms with Crippen molar-refractivity contribution in [3.8, 4) is 5.75 Å². The predicted molar refractivity (Wildman–Crippen MR) is 81.8 cm³/mol. The van der Waals surface area contributed by atoms with Crippen LogP contribution in [0.2, 0.25) is 5.02 Å². The zero-order chi connectivity index (χ0) is 15.4. The van der Waals surface area contributed by atoms with Crippen LogP contribution in [0.15, 0.2) is 18.2 Å². The van der Waals surface area contributed by atoms with Crippen LogP contribution >= 0.6 is 11.6 Å². The Morgan fingerprint density at radius 2 is 2.38 bits per heavy atom. The van der Waals surface area contributed by atoms with Crippen LogP contribution in [0.4, 0.5) is 4.79 Å². The first kappa shape index (κ1) is 15.9. The van der Waals surface area contributed by atoms with E-state index in [0.717, 1.165) is 5.56 Å². The van der Waals surface area contributed by atoms with Gasteiger partial charge in [-0.1, -0.05) is 23.7 Å². The number of rotatable bonds is 4. The number of aliphatic hydroxyl groups is 1. The Labute approximate surface area is 129 Å². The van der Waals surface area contributed by atoms with Crippen molar-refractivity contribution in [1.29, 1.82) is 0 Å². The molecule has 6 heteroatoms. The van der Waals surface area contributed by atoms with Gasteiger partial charge in [0.15, 0.2) is 0 Å². The van der Waals surface area contributed by atoms with Crippen LogP contribution in [0.3, 0.4) is 0 Å². The lowest BCUT2D eigenvalue weighted by Gasteiger charge is -2.29. The standard InChI is InChI=1S/C15H21ClN2O3/c1-10(19)6-8-18(2)15(20)17-13-7-9-21-14-11(13)4-3-5-12(14)16/h3-5,10,13,19H,6-9H2,1-2H3,(H,17,20). The highest BCUT2D eigenvalue weighted by molar-refractivity contribution is 6.32. The minimum Gasteiger partial charge on any atom is -0.492 e. The Hall–Kier alpha value is -1.46. The Bertz CT molecular complexity index is 508. The molecule has 2 atom stereocenters. The maximum atomic E-state index is 12.2. The molecule has 1 aromatic rings.